The van der Waals surface area contributed by atoms with Crippen molar-refractivity contribution >= 4 is 52.3 Å². The number of nitrogens with one attached hydrogen (secondary N) is 1. The molecule has 27 heavy (non-hydrogen) atoms. The van der Waals surface area contributed by atoms with Crippen molar-refractivity contribution in [3.63, 3.8) is 0 Å². The lowest BCUT2D eigenvalue weighted by molar-refractivity contribution is -0.121. The molecule has 6 nitrogen and oxygen atoms in total. The van der Waals surface area contributed by atoms with Gasteiger partial charge in [-0.25, -0.2) is 4.90 Å². The number of carbonyl (C=O) groups is 3. The molecule has 1 aliphatic rings. The number of carbonyl (C=O) groups excluding carboxylic acids is 3. The third kappa shape index (κ3) is 3.91. The van der Waals surface area contributed by atoms with Gasteiger partial charge < -0.3 is 10.2 Å². The molecule has 1 N–H and O–H groups in total. The van der Waals surface area contributed by atoms with Gasteiger partial charge >= 0.3 is 0 Å². The zero-order chi connectivity index (χ0) is 19.7. The molecule has 1 heterocycles. The van der Waals surface area contributed by atoms with Gasteiger partial charge in [0.25, 0.3) is 11.8 Å². The number of nitrogens with zero attached hydrogens (tertiary/aromatic N) is 2. The Balaban J connectivity index is 1.75. The summed E-state index contributed by atoms with van der Waals surface area (Å²) in [6.07, 6.45) is 0.0253. The van der Waals surface area contributed by atoms with Crippen LogP contribution in [0, 0.1) is 0 Å². The van der Waals surface area contributed by atoms with Gasteiger partial charge in [0, 0.05) is 25.3 Å². The van der Waals surface area contributed by atoms with Crippen LogP contribution in [0.3, 0.4) is 0 Å². The molecule has 2 aromatic carbocycles. The van der Waals surface area contributed by atoms with Crippen molar-refractivity contribution in [3.8, 4) is 0 Å². The van der Waals surface area contributed by atoms with E-state index in [4.69, 9.17) is 23.2 Å². The molecule has 0 aliphatic carbocycles. The van der Waals surface area contributed by atoms with Gasteiger partial charge in [-0.05, 0) is 42.5 Å². The number of anilines is 2. The van der Waals surface area contributed by atoms with E-state index in [1.165, 1.54) is 11.0 Å². The second kappa shape index (κ2) is 7.58. The second-order valence-electron chi connectivity index (χ2n) is 6.34. The smallest absolute Gasteiger partial charge is 0.256 e. The Kier molecular flexibility index (Phi) is 5.39. The van der Waals surface area contributed by atoms with Crippen molar-refractivity contribution < 1.29 is 14.4 Å². The molecule has 2 aromatic rings. The van der Waals surface area contributed by atoms with E-state index in [0.29, 0.717) is 22.0 Å². The van der Waals surface area contributed by atoms with E-state index in [9.17, 15) is 14.4 Å². The first kappa shape index (κ1) is 19.2. The molecule has 0 spiro atoms. The Bertz CT molecular complexity index is 913. The van der Waals surface area contributed by atoms with Crippen LogP contribution in [-0.2, 0) is 9.59 Å². The summed E-state index contributed by atoms with van der Waals surface area (Å²) in [4.78, 5) is 39.5. The van der Waals surface area contributed by atoms with Crippen LogP contribution >= 0.6 is 23.2 Å². The first-order chi connectivity index (χ1) is 12.8. The normalized spacial score (nSPS) is 16.6. The minimum absolute atomic E-state index is 0.0253. The molecule has 0 saturated carbocycles. The number of rotatable bonds is 4. The monoisotopic (exact) mass is 405 g/mol. The lowest BCUT2D eigenvalue weighted by Gasteiger charge is -2.17. The predicted octanol–water partition coefficient (Wildman–Crippen LogP) is 3.44. The van der Waals surface area contributed by atoms with Crippen LogP contribution in [0.4, 0.5) is 11.4 Å². The molecule has 8 heteroatoms. The standard InChI is InChI=1S/C19H17Cl2N3O3/c1-23(2)18(26)11-3-5-12(6-4-11)22-16-10-17(25)24(19(16)27)13-7-8-14(20)15(21)9-13/h3-9,16,22H,10H2,1-2H3/t16-/m0/s1. The number of amides is 3. The highest BCUT2D eigenvalue weighted by Crippen LogP contribution is 2.30. The van der Waals surface area contributed by atoms with Crippen LogP contribution in [0.25, 0.3) is 0 Å². The summed E-state index contributed by atoms with van der Waals surface area (Å²) in [5, 5.41) is 3.67. The van der Waals surface area contributed by atoms with E-state index in [1.54, 1.807) is 50.5 Å². The molecular formula is C19H17Cl2N3O3. The van der Waals surface area contributed by atoms with E-state index >= 15 is 0 Å². The fourth-order valence-corrected chi connectivity index (χ4v) is 3.10. The molecule has 1 aliphatic heterocycles. The average Bonchev–Trinajstić information content (AvgIpc) is 2.91. The van der Waals surface area contributed by atoms with E-state index in [0.717, 1.165) is 4.90 Å². The highest BCUT2D eigenvalue weighted by atomic mass is 35.5. The third-order valence-electron chi connectivity index (χ3n) is 4.19. The molecule has 3 rings (SSSR count). The largest absolute Gasteiger partial charge is 0.373 e. The summed E-state index contributed by atoms with van der Waals surface area (Å²) in [6.45, 7) is 0. The first-order valence-corrected chi connectivity index (χ1v) is 8.93. The van der Waals surface area contributed by atoms with E-state index < -0.39 is 6.04 Å². The molecular weight excluding hydrogens is 389 g/mol. The second-order valence-corrected chi connectivity index (χ2v) is 7.16. The van der Waals surface area contributed by atoms with Gasteiger partial charge in [0.2, 0.25) is 5.91 Å². The minimum Gasteiger partial charge on any atom is -0.373 e. The summed E-state index contributed by atoms with van der Waals surface area (Å²) in [6, 6.07) is 10.7. The van der Waals surface area contributed by atoms with Crippen molar-refractivity contribution in [2.45, 2.75) is 12.5 Å². The highest BCUT2D eigenvalue weighted by molar-refractivity contribution is 6.42. The van der Waals surface area contributed by atoms with Crippen LogP contribution < -0.4 is 10.2 Å². The maximum absolute atomic E-state index is 12.7. The molecule has 3 amide bonds. The van der Waals surface area contributed by atoms with Gasteiger partial charge in [0.05, 0.1) is 22.2 Å². The topological polar surface area (TPSA) is 69.7 Å². The maximum Gasteiger partial charge on any atom is 0.256 e. The van der Waals surface area contributed by atoms with Crippen molar-refractivity contribution in [1.82, 2.24) is 4.90 Å². The number of hydrogen-bond donors (Lipinski definition) is 1. The molecule has 0 bridgehead atoms. The number of hydrogen-bond acceptors (Lipinski definition) is 4. The zero-order valence-electron chi connectivity index (χ0n) is 14.7. The van der Waals surface area contributed by atoms with Crippen LogP contribution in [0.1, 0.15) is 16.8 Å². The lowest BCUT2D eigenvalue weighted by atomic mass is 10.1. The van der Waals surface area contributed by atoms with Crippen molar-refractivity contribution in [2.24, 2.45) is 0 Å². The summed E-state index contributed by atoms with van der Waals surface area (Å²) < 4.78 is 0. The SMILES string of the molecule is CN(C)C(=O)c1ccc(N[C@H]2CC(=O)N(c3ccc(Cl)c(Cl)c3)C2=O)cc1. The van der Waals surface area contributed by atoms with Crippen LogP contribution in [0.5, 0.6) is 0 Å². The molecule has 1 fully saturated rings. The predicted molar refractivity (Wildman–Crippen MR) is 105 cm³/mol. The lowest BCUT2D eigenvalue weighted by Crippen LogP contribution is -2.34. The number of imide groups is 1. The zero-order valence-corrected chi connectivity index (χ0v) is 16.2. The quantitative estimate of drug-likeness (QED) is 0.790. The molecule has 0 aromatic heterocycles. The highest BCUT2D eigenvalue weighted by Gasteiger charge is 2.39. The van der Waals surface area contributed by atoms with E-state index in [1.807, 2.05) is 0 Å². The van der Waals surface area contributed by atoms with Crippen LogP contribution in [-0.4, -0.2) is 42.8 Å². The van der Waals surface area contributed by atoms with Gasteiger partial charge in [-0.1, -0.05) is 23.2 Å². The summed E-state index contributed by atoms with van der Waals surface area (Å²) in [5.41, 5.74) is 1.57. The fraction of sp³-hybridized carbons (Fsp3) is 0.211. The van der Waals surface area contributed by atoms with Gasteiger partial charge in [-0.3, -0.25) is 14.4 Å². The van der Waals surface area contributed by atoms with Crippen molar-refractivity contribution in [1.29, 1.82) is 0 Å². The third-order valence-corrected chi connectivity index (χ3v) is 4.93. The fourth-order valence-electron chi connectivity index (χ4n) is 2.81. The maximum atomic E-state index is 12.7. The van der Waals surface area contributed by atoms with Gasteiger partial charge in [0.15, 0.2) is 0 Å². The first-order valence-electron chi connectivity index (χ1n) is 8.18. The van der Waals surface area contributed by atoms with Gasteiger partial charge in [-0.2, -0.15) is 0 Å². The molecule has 0 radical (unpaired) electrons. The summed E-state index contributed by atoms with van der Waals surface area (Å²) in [5.74, 6) is -0.804. The van der Waals surface area contributed by atoms with E-state index in [-0.39, 0.29) is 29.2 Å². The Morgan fingerprint density at radius 3 is 2.33 bits per heavy atom. The van der Waals surface area contributed by atoms with Crippen LogP contribution in [0.2, 0.25) is 10.0 Å². The van der Waals surface area contributed by atoms with Gasteiger partial charge in [0.1, 0.15) is 6.04 Å². The average molecular weight is 406 g/mol. The molecule has 1 atom stereocenters. The molecule has 1 saturated heterocycles. The minimum atomic E-state index is -0.692. The Morgan fingerprint density at radius 1 is 1.07 bits per heavy atom. The Morgan fingerprint density at radius 2 is 1.74 bits per heavy atom. The van der Waals surface area contributed by atoms with Crippen molar-refractivity contribution in [3.05, 3.63) is 58.1 Å². The van der Waals surface area contributed by atoms with E-state index in [2.05, 4.69) is 5.32 Å². The van der Waals surface area contributed by atoms with Crippen LogP contribution in [0.15, 0.2) is 42.5 Å². The number of benzene rings is 2. The summed E-state index contributed by atoms with van der Waals surface area (Å²) >= 11 is 11.9. The van der Waals surface area contributed by atoms with Crippen molar-refractivity contribution in [2.75, 3.05) is 24.3 Å². The molecule has 0 unspecified atom stereocenters. The van der Waals surface area contributed by atoms with Gasteiger partial charge in [-0.15, -0.1) is 0 Å². The Hall–Kier alpha value is -2.57. The Labute approximate surface area is 166 Å². The number of halogens is 2. The summed E-state index contributed by atoms with van der Waals surface area (Å²) in [7, 11) is 3.35. The molecule has 140 valence electrons.